The van der Waals surface area contributed by atoms with Crippen LogP contribution in [-0.4, -0.2) is 77.0 Å². The van der Waals surface area contributed by atoms with Crippen molar-refractivity contribution in [1.29, 1.82) is 0 Å². The monoisotopic (exact) mass is 443 g/mol. The Balaban J connectivity index is 2.14. The van der Waals surface area contributed by atoms with Gasteiger partial charge in [-0.1, -0.05) is 13.8 Å². The van der Waals surface area contributed by atoms with Crippen LogP contribution in [0.1, 0.15) is 40.0 Å². The molecule has 30 heavy (non-hydrogen) atoms. The predicted octanol–water partition coefficient (Wildman–Crippen LogP) is -0.627. The molecule has 0 aliphatic carbocycles. The van der Waals surface area contributed by atoms with E-state index in [1.165, 1.54) is 11.8 Å². The number of carbonyl (C=O) groups is 5. The number of likely N-dealkylation sites (tertiary alicyclic amines) is 1. The molecule has 3 N–H and O–H groups in total. The average molecular weight is 444 g/mol. The minimum atomic E-state index is -0.806. The maximum absolute atomic E-state index is 13.1. The molecule has 2 fully saturated rings. The molecule has 5 amide bonds. The van der Waals surface area contributed by atoms with Crippen LogP contribution >= 0.6 is 11.6 Å². The van der Waals surface area contributed by atoms with Gasteiger partial charge in [-0.15, -0.1) is 11.6 Å². The van der Waals surface area contributed by atoms with E-state index >= 15 is 0 Å². The highest BCUT2D eigenvalue weighted by molar-refractivity contribution is 6.27. The summed E-state index contributed by atoms with van der Waals surface area (Å²) in [6.45, 7) is 6.04. The molecule has 0 saturated carbocycles. The first kappa shape index (κ1) is 23.9. The molecule has 2 heterocycles. The van der Waals surface area contributed by atoms with Crippen molar-refractivity contribution < 1.29 is 24.0 Å². The van der Waals surface area contributed by atoms with Crippen LogP contribution in [-0.2, 0) is 24.0 Å². The third kappa shape index (κ3) is 6.07. The van der Waals surface area contributed by atoms with E-state index in [1.807, 2.05) is 13.8 Å². The Bertz CT molecular complexity index is 701. The molecule has 0 unspecified atom stereocenters. The summed E-state index contributed by atoms with van der Waals surface area (Å²) in [6, 6.07) is -1.47. The number of rotatable bonds is 8. The Labute approximate surface area is 181 Å². The van der Waals surface area contributed by atoms with Crippen LogP contribution in [0.2, 0.25) is 0 Å². The second kappa shape index (κ2) is 10.6. The standard InChI is InChI=1S/C19H30ClN5O5/c1-11(2)8-15(24-7-5-14(19(24)30)22-12(3)26)18(29)23-25(16(27)9-20)10-13-4-6-21-17(13)28/h11,13-15H,4-10H2,1-3H3,(H,21,28)(H,22,26)(H,23,29)/t13-,14-,15-/m0/s1. The SMILES string of the molecule is CC(=O)N[C@H]1CCN([C@@H](CC(C)C)C(=O)NN(C[C@@H]2CCNC2=O)C(=O)CCl)C1=O. The number of hydrazine groups is 1. The Morgan fingerprint density at radius 3 is 2.50 bits per heavy atom. The predicted molar refractivity (Wildman–Crippen MR) is 109 cm³/mol. The zero-order valence-electron chi connectivity index (χ0n) is 17.6. The Morgan fingerprint density at radius 2 is 1.97 bits per heavy atom. The molecular weight excluding hydrogens is 414 g/mol. The van der Waals surface area contributed by atoms with Gasteiger partial charge in [-0.2, -0.15) is 0 Å². The summed E-state index contributed by atoms with van der Waals surface area (Å²) in [5.74, 6) is -2.54. The van der Waals surface area contributed by atoms with E-state index in [2.05, 4.69) is 16.1 Å². The van der Waals surface area contributed by atoms with E-state index in [-0.39, 0.29) is 36.1 Å². The second-order valence-electron chi connectivity index (χ2n) is 8.11. The van der Waals surface area contributed by atoms with Crippen molar-refractivity contribution in [2.75, 3.05) is 25.5 Å². The van der Waals surface area contributed by atoms with Gasteiger partial charge in [0, 0.05) is 20.0 Å². The lowest BCUT2D eigenvalue weighted by Crippen LogP contribution is -2.57. The third-order valence-corrected chi connectivity index (χ3v) is 5.45. The topological polar surface area (TPSA) is 128 Å². The van der Waals surface area contributed by atoms with Crippen LogP contribution in [0.4, 0.5) is 0 Å². The van der Waals surface area contributed by atoms with Crippen molar-refractivity contribution in [3.8, 4) is 0 Å². The summed E-state index contributed by atoms with van der Waals surface area (Å²) in [5.41, 5.74) is 2.57. The normalized spacial score (nSPS) is 22.1. The van der Waals surface area contributed by atoms with Gasteiger partial charge in [-0.05, 0) is 25.2 Å². The summed E-state index contributed by atoms with van der Waals surface area (Å²) in [4.78, 5) is 62.8. The van der Waals surface area contributed by atoms with E-state index in [9.17, 15) is 24.0 Å². The van der Waals surface area contributed by atoms with Gasteiger partial charge >= 0.3 is 0 Å². The van der Waals surface area contributed by atoms with Gasteiger partial charge in [0.15, 0.2) is 0 Å². The highest BCUT2D eigenvalue weighted by Gasteiger charge is 2.40. The van der Waals surface area contributed by atoms with Gasteiger partial charge in [0.25, 0.3) is 11.8 Å². The summed E-state index contributed by atoms with van der Waals surface area (Å²) < 4.78 is 0. The van der Waals surface area contributed by atoms with E-state index in [0.29, 0.717) is 32.4 Å². The van der Waals surface area contributed by atoms with Crippen molar-refractivity contribution in [3.05, 3.63) is 0 Å². The van der Waals surface area contributed by atoms with Crippen LogP contribution in [0.15, 0.2) is 0 Å². The van der Waals surface area contributed by atoms with E-state index < -0.39 is 29.8 Å². The fraction of sp³-hybridized carbons (Fsp3) is 0.737. The maximum Gasteiger partial charge on any atom is 0.261 e. The molecule has 0 aromatic carbocycles. The maximum atomic E-state index is 13.1. The largest absolute Gasteiger partial charge is 0.356 e. The molecule has 0 aromatic rings. The van der Waals surface area contributed by atoms with Gasteiger partial charge in [-0.25, -0.2) is 0 Å². The fourth-order valence-electron chi connectivity index (χ4n) is 3.74. The molecule has 3 atom stereocenters. The van der Waals surface area contributed by atoms with E-state index in [4.69, 9.17) is 11.6 Å². The first-order valence-electron chi connectivity index (χ1n) is 10.2. The summed E-state index contributed by atoms with van der Waals surface area (Å²) in [5, 5.41) is 6.37. The summed E-state index contributed by atoms with van der Waals surface area (Å²) in [7, 11) is 0. The highest BCUT2D eigenvalue weighted by atomic mass is 35.5. The fourth-order valence-corrected chi connectivity index (χ4v) is 3.89. The van der Waals surface area contributed by atoms with Gasteiger partial charge < -0.3 is 15.5 Å². The lowest BCUT2D eigenvalue weighted by molar-refractivity contribution is -0.147. The molecule has 0 bridgehead atoms. The summed E-state index contributed by atoms with van der Waals surface area (Å²) >= 11 is 5.69. The minimum Gasteiger partial charge on any atom is -0.356 e. The van der Waals surface area contributed by atoms with Gasteiger partial charge in [0.05, 0.1) is 12.5 Å². The van der Waals surface area contributed by atoms with Crippen LogP contribution < -0.4 is 16.1 Å². The Hall–Kier alpha value is -2.36. The number of hydrogen-bond donors (Lipinski definition) is 3. The molecule has 2 saturated heterocycles. The van der Waals surface area contributed by atoms with Crippen LogP contribution in [0, 0.1) is 11.8 Å². The van der Waals surface area contributed by atoms with Gasteiger partial charge in [-0.3, -0.25) is 34.4 Å². The summed E-state index contributed by atoms with van der Waals surface area (Å²) in [6.07, 6.45) is 1.35. The van der Waals surface area contributed by atoms with Crippen molar-refractivity contribution in [1.82, 2.24) is 26.0 Å². The number of alkyl halides is 1. The highest BCUT2D eigenvalue weighted by Crippen LogP contribution is 2.20. The Morgan fingerprint density at radius 1 is 1.27 bits per heavy atom. The van der Waals surface area contributed by atoms with Gasteiger partial charge in [0.1, 0.15) is 18.0 Å². The van der Waals surface area contributed by atoms with Crippen molar-refractivity contribution in [2.24, 2.45) is 11.8 Å². The smallest absolute Gasteiger partial charge is 0.261 e. The van der Waals surface area contributed by atoms with Gasteiger partial charge in [0.2, 0.25) is 17.7 Å². The zero-order valence-corrected chi connectivity index (χ0v) is 18.3. The number of carbonyl (C=O) groups excluding carboxylic acids is 5. The van der Waals surface area contributed by atoms with Crippen molar-refractivity contribution in [2.45, 2.75) is 52.1 Å². The van der Waals surface area contributed by atoms with Crippen molar-refractivity contribution >= 4 is 41.1 Å². The number of halogens is 1. The molecular formula is C19H30ClN5O5. The molecule has 2 aliphatic heterocycles. The number of nitrogens with zero attached hydrogens (tertiary/aromatic N) is 2. The molecule has 168 valence electrons. The Kier molecular flexibility index (Phi) is 8.45. The third-order valence-electron chi connectivity index (χ3n) is 5.22. The molecule has 0 radical (unpaired) electrons. The van der Waals surface area contributed by atoms with Crippen LogP contribution in [0.3, 0.4) is 0 Å². The van der Waals surface area contributed by atoms with E-state index in [1.54, 1.807) is 0 Å². The number of nitrogens with one attached hydrogen (secondary N) is 3. The zero-order chi connectivity index (χ0) is 22.4. The average Bonchev–Trinajstić information content (AvgIpc) is 3.23. The first-order valence-corrected chi connectivity index (χ1v) is 10.7. The lowest BCUT2D eigenvalue weighted by atomic mass is 10.0. The second-order valence-corrected chi connectivity index (χ2v) is 8.38. The molecule has 10 nitrogen and oxygen atoms in total. The van der Waals surface area contributed by atoms with E-state index in [0.717, 1.165) is 5.01 Å². The molecule has 2 aliphatic rings. The van der Waals surface area contributed by atoms with Crippen LogP contribution in [0.5, 0.6) is 0 Å². The minimum absolute atomic E-state index is 0.0139. The molecule has 11 heteroatoms. The van der Waals surface area contributed by atoms with Crippen LogP contribution in [0.25, 0.3) is 0 Å². The lowest BCUT2D eigenvalue weighted by Gasteiger charge is -2.32. The molecule has 0 spiro atoms. The van der Waals surface area contributed by atoms with Crippen molar-refractivity contribution in [3.63, 3.8) is 0 Å². The number of amides is 5. The molecule has 2 rings (SSSR count). The first-order chi connectivity index (χ1) is 14.1. The molecule has 0 aromatic heterocycles. The number of hydrogen-bond acceptors (Lipinski definition) is 5. The quantitative estimate of drug-likeness (QED) is 0.340.